The summed E-state index contributed by atoms with van der Waals surface area (Å²) in [5, 5.41) is 0. The Balaban J connectivity index is 0. The molecule has 0 nitrogen and oxygen atoms in total. The molecule has 0 saturated carbocycles. The molecule has 2 aromatic carbocycles. The molecular formula is C27H49Si2Sm. The van der Waals surface area contributed by atoms with Gasteiger partial charge < -0.3 is 5.67 Å². The molecule has 0 aliphatic heterocycles. The summed E-state index contributed by atoms with van der Waals surface area (Å²) in [7, 11) is -1.71. The van der Waals surface area contributed by atoms with E-state index in [1.54, 1.807) is 0 Å². The molecule has 0 unspecified atom stereocenters. The van der Waals surface area contributed by atoms with E-state index in [9.17, 15) is 0 Å². The second kappa shape index (κ2) is 12.6. The maximum Gasteiger partial charge on any atom is 3.00 e. The Hall–Kier alpha value is 0.471. The first-order chi connectivity index (χ1) is 12.8. The van der Waals surface area contributed by atoms with Gasteiger partial charge in [-0.05, 0) is 0 Å². The van der Waals surface area contributed by atoms with Gasteiger partial charge in [0.2, 0.25) is 0 Å². The first-order valence-electron chi connectivity index (χ1n) is 11.1. The largest absolute Gasteiger partial charge is 3.00 e. The Labute approximate surface area is 224 Å². The van der Waals surface area contributed by atoms with E-state index < -0.39 is 16.1 Å². The summed E-state index contributed by atoms with van der Waals surface area (Å²) in [6, 6.07) is 0. The molecule has 0 atom stereocenters. The average Bonchev–Trinajstić information content (AvgIpc) is 2.83. The van der Waals surface area contributed by atoms with Crippen LogP contribution in [0.2, 0.25) is 39.3 Å². The smallest absolute Gasteiger partial charge is 0.327 e. The molecule has 0 fully saturated rings. The topological polar surface area (TPSA) is 0 Å². The van der Waals surface area contributed by atoms with Crippen LogP contribution in [0.25, 0.3) is 0 Å². The fourth-order valence-corrected chi connectivity index (χ4v) is 14.5. The zero-order valence-corrected chi connectivity index (χ0v) is 27.6. The predicted octanol–water partition coefficient (Wildman–Crippen LogP) is 8.84. The molecule has 3 heteroatoms. The van der Waals surface area contributed by atoms with Gasteiger partial charge in [0.1, 0.15) is 0 Å². The van der Waals surface area contributed by atoms with E-state index >= 15 is 0 Å². The summed E-state index contributed by atoms with van der Waals surface area (Å²) in [4.78, 5) is 0. The fraction of sp³-hybridized carbons (Fsp3) is 0.593. The Morgan fingerprint density at radius 2 is 0.633 bits per heavy atom. The molecule has 0 heterocycles. The summed E-state index contributed by atoms with van der Waals surface area (Å²) in [5.41, 5.74) is 17.3. The van der Waals surface area contributed by atoms with E-state index in [4.69, 9.17) is 0 Å². The molecule has 0 amide bonds. The van der Waals surface area contributed by atoms with E-state index in [-0.39, 0.29) is 40.4 Å². The van der Waals surface area contributed by atoms with E-state index in [2.05, 4.69) is 114 Å². The van der Waals surface area contributed by atoms with Gasteiger partial charge in [-0.15, -0.1) is 16.1 Å². The summed E-state index contributed by atoms with van der Waals surface area (Å²) in [6.45, 7) is 36.4. The number of rotatable bonds is 2. The molecule has 1 radical (unpaired) electrons. The molecule has 0 saturated heterocycles. The first-order valence-corrected chi connectivity index (χ1v) is 18.2. The zero-order chi connectivity index (χ0) is 23.5. The van der Waals surface area contributed by atoms with Crippen molar-refractivity contribution < 1.29 is 40.4 Å². The second-order valence-electron chi connectivity index (χ2n) is 11.1. The van der Waals surface area contributed by atoms with Crippen LogP contribution in [-0.2, 0) is 0 Å². The van der Waals surface area contributed by atoms with Crippen molar-refractivity contribution >= 4 is 16.1 Å². The van der Waals surface area contributed by atoms with Gasteiger partial charge in [0.15, 0.2) is 0 Å². The van der Waals surface area contributed by atoms with Crippen LogP contribution in [0.4, 0.5) is 0 Å². The summed E-state index contributed by atoms with van der Waals surface area (Å²) in [5.74, 6) is 0. The molecule has 0 N–H and O–H groups in total. The van der Waals surface area contributed by atoms with Gasteiger partial charge in [-0.1, -0.05) is 109 Å². The number of hydrogen-bond acceptors (Lipinski definition) is 0. The van der Waals surface area contributed by atoms with Gasteiger partial charge in [-0.3, -0.25) is 0 Å². The average molecular weight is 580 g/mol. The Kier molecular flexibility index (Phi) is 13.8. The van der Waals surface area contributed by atoms with Gasteiger partial charge in [-0.2, -0.15) is 55.6 Å². The maximum absolute atomic E-state index is 2.65. The van der Waals surface area contributed by atoms with Crippen LogP contribution in [0.15, 0.2) is 0 Å². The quantitative estimate of drug-likeness (QED) is 0.246. The van der Waals surface area contributed by atoms with Crippen LogP contribution in [0.3, 0.4) is 0 Å². The van der Waals surface area contributed by atoms with Crippen LogP contribution in [0, 0.1) is 115 Å². The molecule has 30 heavy (non-hydrogen) atoms. The molecule has 0 aliphatic rings. The first kappa shape index (κ1) is 32.6. The third-order valence-electron chi connectivity index (χ3n) is 6.49. The van der Waals surface area contributed by atoms with Crippen molar-refractivity contribution in [1.29, 1.82) is 0 Å². The summed E-state index contributed by atoms with van der Waals surface area (Å²) in [6.07, 6.45) is 0. The third kappa shape index (κ3) is 9.95. The predicted molar refractivity (Wildman–Crippen MR) is 142 cm³/mol. The Morgan fingerprint density at radius 1 is 0.467 bits per heavy atom. The fourth-order valence-electron chi connectivity index (χ4n) is 4.11. The minimum Gasteiger partial charge on any atom is -0.327 e. The SMILES string of the molecule is C[Si](C)(C)[CH-][Si](C)(C)C.Cc1c(C)c(C)[c-](C)c1C.Cc1c(C)c(C)[c-](C)c1C.[Sm+3]. The van der Waals surface area contributed by atoms with Gasteiger partial charge in [0, 0.05) is 0 Å². The van der Waals surface area contributed by atoms with E-state index in [0.717, 1.165) is 0 Å². The van der Waals surface area contributed by atoms with Crippen LogP contribution in [0.1, 0.15) is 55.6 Å². The van der Waals surface area contributed by atoms with Crippen molar-refractivity contribution in [2.75, 3.05) is 0 Å². The van der Waals surface area contributed by atoms with Crippen molar-refractivity contribution in [3.05, 3.63) is 61.3 Å². The molecule has 0 bridgehead atoms. The molecule has 0 spiro atoms. The van der Waals surface area contributed by atoms with Crippen LogP contribution in [-0.4, -0.2) is 16.1 Å². The van der Waals surface area contributed by atoms with E-state index in [1.807, 2.05) is 0 Å². The van der Waals surface area contributed by atoms with Crippen molar-refractivity contribution in [1.82, 2.24) is 0 Å². The van der Waals surface area contributed by atoms with Gasteiger partial charge in [0.25, 0.3) is 0 Å². The van der Waals surface area contributed by atoms with Crippen LogP contribution >= 0.6 is 0 Å². The maximum atomic E-state index is 2.65. The normalized spacial score (nSPS) is 11.2. The van der Waals surface area contributed by atoms with Crippen molar-refractivity contribution in [3.8, 4) is 0 Å². The molecule has 0 aliphatic carbocycles. The minimum atomic E-state index is -0.856. The van der Waals surface area contributed by atoms with Crippen LogP contribution < -0.4 is 0 Å². The standard InChI is InChI=1S/2C10H15.C7H19Si2.Sm/c2*1-6-7(2)9(4)10(5)8(6)3;1-8(2,3)7-9(4,5)6;/h2*1-5H3;7H,1-6H3;/q3*-1;+3. The van der Waals surface area contributed by atoms with Crippen molar-refractivity contribution in [3.63, 3.8) is 0 Å². The molecule has 2 rings (SSSR count). The second-order valence-corrected chi connectivity index (χ2v) is 21.7. The monoisotopic (exact) mass is 581 g/mol. The van der Waals surface area contributed by atoms with Gasteiger partial charge in [-0.25, -0.2) is 0 Å². The minimum absolute atomic E-state index is 0. The van der Waals surface area contributed by atoms with E-state index in [1.165, 1.54) is 55.6 Å². The third-order valence-corrected chi connectivity index (χ3v) is 13.4. The molecule has 2 aromatic rings. The Morgan fingerprint density at radius 3 is 0.667 bits per heavy atom. The zero-order valence-electron chi connectivity index (χ0n) is 23.0. The van der Waals surface area contributed by atoms with Crippen LogP contribution in [0.5, 0.6) is 0 Å². The number of hydrogen-bond donors (Lipinski definition) is 0. The van der Waals surface area contributed by atoms with E-state index in [0.29, 0.717) is 0 Å². The molecule has 0 aromatic heterocycles. The van der Waals surface area contributed by atoms with Gasteiger partial charge in [0.05, 0.1) is 0 Å². The summed E-state index contributed by atoms with van der Waals surface area (Å²) < 4.78 is 0. The molecular weight excluding hydrogens is 531 g/mol. The van der Waals surface area contributed by atoms with Crippen molar-refractivity contribution in [2.45, 2.75) is 109 Å². The Bertz CT molecular complexity index is 577. The van der Waals surface area contributed by atoms with Gasteiger partial charge >= 0.3 is 40.4 Å². The summed E-state index contributed by atoms with van der Waals surface area (Å²) >= 11 is 0. The van der Waals surface area contributed by atoms with Crippen molar-refractivity contribution in [2.24, 2.45) is 0 Å². The molecule has 171 valence electrons.